The molecular weight excluding hydrogens is 240 g/mol. The van der Waals surface area contributed by atoms with E-state index in [1.165, 1.54) is 33.4 Å². The molecule has 0 fully saturated rings. The van der Waals surface area contributed by atoms with Crippen LogP contribution < -0.4 is 0 Å². The first-order valence-corrected chi connectivity index (χ1v) is 6.87. The summed E-state index contributed by atoms with van der Waals surface area (Å²) < 4.78 is 0. The van der Waals surface area contributed by atoms with Crippen LogP contribution >= 0.6 is 0 Å². The molecule has 0 aromatic heterocycles. The molecule has 0 aliphatic heterocycles. The predicted octanol–water partition coefficient (Wildman–Crippen LogP) is 5.89. The summed E-state index contributed by atoms with van der Waals surface area (Å²) in [5.74, 6) is 0. The van der Waals surface area contributed by atoms with Crippen molar-refractivity contribution in [2.75, 3.05) is 0 Å². The highest BCUT2D eigenvalue weighted by Gasteiger charge is 1.98. The fourth-order valence-electron chi connectivity index (χ4n) is 2.31. The van der Waals surface area contributed by atoms with E-state index in [9.17, 15) is 0 Å². The van der Waals surface area contributed by atoms with Crippen LogP contribution in [0.5, 0.6) is 0 Å². The maximum absolute atomic E-state index is 3.78. The second-order valence-electron chi connectivity index (χ2n) is 5.13. The Morgan fingerprint density at radius 1 is 0.750 bits per heavy atom. The Morgan fingerprint density at radius 3 is 1.75 bits per heavy atom. The number of hydrogen-bond acceptors (Lipinski definition) is 0. The van der Waals surface area contributed by atoms with Gasteiger partial charge in [-0.15, -0.1) is 0 Å². The van der Waals surface area contributed by atoms with Gasteiger partial charge in [-0.05, 0) is 49.9 Å². The molecule has 2 aromatic rings. The Hall–Kier alpha value is -2.08. The van der Waals surface area contributed by atoms with Crippen LogP contribution in [0, 0.1) is 27.7 Å². The maximum atomic E-state index is 3.78. The molecule has 0 nitrogen and oxygen atoms in total. The minimum Gasteiger partial charge on any atom is -0.0985 e. The molecule has 2 aromatic carbocycles. The van der Waals surface area contributed by atoms with Crippen LogP contribution in [-0.2, 0) is 0 Å². The number of hydrogen-bond donors (Lipinski definition) is 0. The monoisotopic (exact) mass is 264 g/mol. The molecule has 0 heterocycles. The van der Waals surface area contributed by atoms with E-state index >= 15 is 0 Å². The van der Waals surface area contributed by atoms with Crippen molar-refractivity contribution in [2.24, 2.45) is 0 Å². The molecule has 0 aliphatic carbocycles. The third-order valence-electron chi connectivity index (χ3n) is 3.22. The second-order valence-corrected chi connectivity index (χ2v) is 5.13. The molecular formula is C20H24. The van der Waals surface area contributed by atoms with Gasteiger partial charge in [-0.25, -0.2) is 0 Å². The van der Waals surface area contributed by atoms with Crippen molar-refractivity contribution in [3.05, 3.63) is 82.9 Å². The molecule has 0 amide bonds. The molecule has 0 N–H and O–H groups in total. The molecule has 0 spiro atoms. The molecule has 0 heteroatoms. The quantitative estimate of drug-likeness (QED) is 0.634. The lowest BCUT2D eigenvalue weighted by atomic mass is 10.0. The van der Waals surface area contributed by atoms with Crippen molar-refractivity contribution < 1.29 is 0 Å². The van der Waals surface area contributed by atoms with Crippen LogP contribution in [0.25, 0.3) is 12.2 Å². The van der Waals surface area contributed by atoms with Crippen LogP contribution in [0.15, 0.2) is 49.6 Å². The molecule has 0 atom stereocenters. The van der Waals surface area contributed by atoms with Gasteiger partial charge in [-0.2, -0.15) is 0 Å². The zero-order valence-electron chi connectivity index (χ0n) is 13.0. The number of aryl methyl sites for hydroxylation is 4. The zero-order valence-corrected chi connectivity index (χ0v) is 13.0. The van der Waals surface area contributed by atoms with Gasteiger partial charge in [0, 0.05) is 0 Å². The summed E-state index contributed by atoms with van der Waals surface area (Å²) in [4.78, 5) is 0. The average molecular weight is 264 g/mol. The van der Waals surface area contributed by atoms with Crippen LogP contribution in [-0.4, -0.2) is 0 Å². The molecule has 20 heavy (non-hydrogen) atoms. The fourth-order valence-corrected chi connectivity index (χ4v) is 2.31. The SMILES string of the molecule is C=Cc1c(C)cc(C)cc1C.C=Cc1cccc(C)c1. The lowest BCUT2D eigenvalue weighted by molar-refractivity contribution is 1.30. The normalized spacial score (nSPS) is 9.40. The van der Waals surface area contributed by atoms with Crippen LogP contribution in [0.1, 0.15) is 33.4 Å². The molecule has 0 bridgehead atoms. The molecule has 0 saturated heterocycles. The van der Waals surface area contributed by atoms with Gasteiger partial charge in [0.1, 0.15) is 0 Å². The standard InChI is InChI=1S/C11H14.C9H10/c1-5-11-9(3)6-8(2)7-10(11)4;1-3-9-6-4-5-8(2)7-9/h5-7H,1H2,2-4H3;3-7H,1H2,2H3. The summed E-state index contributed by atoms with van der Waals surface area (Å²) in [5.41, 5.74) is 7.71. The summed E-state index contributed by atoms with van der Waals surface area (Å²) in [6.07, 6.45) is 3.77. The number of rotatable bonds is 2. The van der Waals surface area contributed by atoms with E-state index < -0.39 is 0 Å². The Balaban J connectivity index is 0.000000204. The van der Waals surface area contributed by atoms with E-state index in [2.05, 4.69) is 65.1 Å². The summed E-state index contributed by atoms with van der Waals surface area (Å²) in [6, 6.07) is 12.6. The lowest BCUT2D eigenvalue weighted by Gasteiger charge is -2.05. The number of benzene rings is 2. The third kappa shape index (κ3) is 4.55. The largest absolute Gasteiger partial charge is 0.0985 e. The average Bonchev–Trinajstić information content (AvgIpc) is 2.39. The van der Waals surface area contributed by atoms with Gasteiger partial charge >= 0.3 is 0 Å². The van der Waals surface area contributed by atoms with Gasteiger partial charge < -0.3 is 0 Å². The zero-order chi connectivity index (χ0) is 15.1. The molecule has 2 rings (SSSR count). The van der Waals surface area contributed by atoms with Gasteiger partial charge in [0.15, 0.2) is 0 Å². The summed E-state index contributed by atoms with van der Waals surface area (Å²) >= 11 is 0. The second kappa shape index (κ2) is 7.49. The van der Waals surface area contributed by atoms with Gasteiger partial charge in [-0.1, -0.05) is 72.8 Å². The summed E-state index contributed by atoms with van der Waals surface area (Å²) in [7, 11) is 0. The van der Waals surface area contributed by atoms with Crippen LogP contribution in [0.2, 0.25) is 0 Å². The third-order valence-corrected chi connectivity index (χ3v) is 3.22. The maximum Gasteiger partial charge on any atom is -0.0204 e. The van der Waals surface area contributed by atoms with Gasteiger partial charge in [0.05, 0.1) is 0 Å². The fraction of sp³-hybridized carbons (Fsp3) is 0.200. The van der Waals surface area contributed by atoms with Crippen molar-refractivity contribution >= 4 is 12.2 Å². The Bertz CT molecular complexity index is 580. The molecule has 0 radical (unpaired) electrons. The minimum absolute atomic E-state index is 1.19. The Kier molecular flexibility index (Phi) is 5.99. The summed E-state index contributed by atoms with van der Waals surface area (Å²) in [5, 5.41) is 0. The van der Waals surface area contributed by atoms with Crippen LogP contribution in [0.3, 0.4) is 0 Å². The van der Waals surface area contributed by atoms with Crippen molar-refractivity contribution in [3.63, 3.8) is 0 Å². The Labute approximate surface area is 123 Å². The van der Waals surface area contributed by atoms with E-state index in [1.807, 2.05) is 24.3 Å². The highest BCUT2D eigenvalue weighted by molar-refractivity contribution is 5.56. The van der Waals surface area contributed by atoms with Crippen molar-refractivity contribution in [1.82, 2.24) is 0 Å². The molecule has 104 valence electrons. The minimum atomic E-state index is 1.19. The highest BCUT2D eigenvalue weighted by Crippen LogP contribution is 2.16. The highest BCUT2D eigenvalue weighted by atomic mass is 14.0. The van der Waals surface area contributed by atoms with Gasteiger partial charge in [0.2, 0.25) is 0 Å². The van der Waals surface area contributed by atoms with Crippen molar-refractivity contribution in [2.45, 2.75) is 27.7 Å². The van der Waals surface area contributed by atoms with Gasteiger partial charge in [-0.3, -0.25) is 0 Å². The van der Waals surface area contributed by atoms with Crippen molar-refractivity contribution in [3.8, 4) is 0 Å². The van der Waals surface area contributed by atoms with Gasteiger partial charge in [0.25, 0.3) is 0 Å². The first kappa shape index (κ1) is 16.0. The van der Waals surface area contributed by atoms with E-state index in [0.29, 0.717) is 0 Å². The van der Waals surface area contributed by atoms with E-state index in [4.69, 9.17) is 0 Å². The van der Waals surface area contributed by atoms with Crippen molar-refractivity contribution in [1.29, 1.82) is 0 Å². The molecule has 0 saturated carbocycles. The van der Waals surface area contributed by atoms with E-state index in [1.54, 1.807) is 0 Å². The Morgan fingerprint density at radius 2 is 1.35 bits per heavy atom. The first-order chi connectivity index (χ1) is 9.47. The first-order valence-electron chi connectivity index (χ1n) is 6.87. The smallest absolute Gasteiger partial charge is 0.0204 e. The molecule has 0 aliphatic rings. The lowest BCUT2D eigenvalue weighted by Crippen LogP contribution is -1.87. The topological polar surface area (TPSA) is 0 Å². The molecule has 0 unspecified atom stereocenters. The predicted molar refractivity (Wildman–Crippen MR) is 92.0 cm³/mol. The van der Waals surface area contributed by atoms with E-state index in [0.717, 1.165) is 0 Å². The van der Waals surface area contributed by atoms with E-state index in [-0.39, 0.29) is 0 Å². The summed E-state index contributed by atoms with van der Waals surface area (Å²) in [6.45, 7) is 15.9. The van der Waals surface area contributed by atoms with Crippen LogP contribution in [0.4, 0.5) is 0 Å².